The van der Waals surface area contributed by atoms with E-state index < -0.39 is 11.7 Å². The van der Waals surface area contributed by atoms with E-state index in [2.05, 4.69) is 19.9 Å². The maximum Gasteiger partial charge on any atom is 0.280 e. The maximum atomic E-state index is 13.3. The van der Waals surface area contributed by atoms with Crippen LogP contribution in [0.4, 0.5) is 4.39 Å². The van der Waals surface area contributed by atoms with Gasteiger partial charge in [0.05, 0.1) is 17.2 Å². The van der Waals surface area contributed by atoms with Gasteiger partial charge in [0, 0.05) is 30.1 Å². The van der Waals surface area contributed by atoms with Crippen LogP contribution in [0.5, 0.6) is 5.88 Å². The van der Waals surface area contributed by atoms with E-state index in [1.54, 1.807) is 6.20 Å². The first kappa shape index (κ1) is 25.1. The second-order valence-electron chi connectivity index (χ2n) is 9.94. The van der Waals surface area contributed by atoms with Crippen LogP contribution >= 0.6 is 0 Å². The molecule has 2 aliphatic rings. The van der Waals surface area contributed by atoms with Crippen molar-refractivity contribution in [3.63, 3.8) is 0 Å². The number of halogens is 1. The molecule has 1 saturated heterocycles. The van der Waals surface area contributed by atoms with Crippen molar-refractivity contribution in [3.05, 3.63) is 53.5 Å². The van der Waals surface area contributed by atoms with Gasteiger partial charge < -0.3 is 20.0 Å². The Hall–Kier alpha value is -3.53. The number of carbonyl (C=O) groups is 2. The van der Waals surface area contributed by atoms with Crippen LogP contribution in [0.3, 0.4) is 0 Å². The van der Waals surface area contributed by atoms with Gasteiger partial charge in [-0.15, -0.1) is 0 Å². The van der Waals surface area contributed by atoms with Gasteiger partial charge in [-0.2, -0.15) is 4.99 Å². The predicted octanol–water partition coefficient (Wildman–Crippen LogP) is 3.33. The number of imidazole rings is 1. The molecule has 5 rings (SSSR count). The molecule has 2 amide bonds. The number of hydrogen-bond donors (Lipinski definition) is 2. The summed E-state index contributed by atoms with van der Waals surface area (Å²) in [6.45, 7) is 3.62. The Morgan fingerprint density at radius 2 is 1.84 bits per heavy atom. The summed E-state index contributed by atoms with van der Waals surface area (Å²) in [5, 5.41) is 0. The summed E-state index contributed by atoms with van der Waals surface area (Å²) < 4.78 is 21.3. The van der Waals surface area contributed by atoms with Gasteiger partial charge in [0.25, 0.3) is 5.91 Å². The number of nitrogens with zero attached hydrogens (tertiary/aromatic N) is 4. The highest BCUT2D eigenvalue weighted by molar-refractivity contribution is 5.94. The highest BCUT2D eigenvalue weighted by Crippen LogP contribution is 2.33. The molecule has 37 heavy (non-hydrogen) atoms. The van der Waals surface area contributed by atoms with Crippen LogP contribution in [-0.4, -0.2) is 57.5 Å². The number of carbonyl (C=O) groups excluding carboxylic acids is 2. The third kappa shape index (κ3) is 5.90. The van der Waals surface area contributed by atoms with Gasteiger partial charge in [-0.25, -0.2) is 9.37 Å². The highest BCUT2D eigenvalue weighted by atomic mass is 19.1. The lowest BCUT2D eigenvalue weighted by Gasteiger charge is -2.28. The number of nitrogens with one attached hydrogen (secondary N) is 1. The first-order valence-electron chi connectivity index (χ1n) is 13.1. The SMILES string of the molecule is NC(=O)[C@H]1CC[C@@H](n2/c(=N/C(=O)c3ccc(F)cc3)[nH]c3cnc(OCCN4CCCCC4)cc32)CC1. The van der Waals surface area contributed by atoms with Gasteiger partial charge in [-0.3, -0.25) is 14.5 Å². The number of fused-ring (bicyclic) bond motifs is 1. The number of pyridine rings is 1. The van der Waals surface area contributed by atoms with Crippen molar-refractivity contribution in [2.45, 2.75) is 51.0 Å². The quantitative estimate of drug-likeness (QED) is 0.508. The molecule has 0 radical (unpaired) electrons. The van der Waals surface area contributed by atoms with Crippen molar-refractivity contribution < 1.29 is 18.7 Å². The summed E-state index contributed by atoms with van der Waals surface area (Å²) in [6, 6.07) is 7.22. The Labute approximate surface area is 214 Å². The number of ether oxygens (including phenoxy) is 1. The lowest BCUT2D eigenvalue weighted by atomic mass is 9.85. The van der Waals surface area contributed by atoms with Crippen molar-refractivity contribution in [3.8, 4) is 5.88 Å². The van der Waals surface area contributed by atoms with E-state index in [9.17, 15) is 14.0 Å². The summed E-state index contributed by atoms with van der Waals surface area (Å²) in [5.41, 5.74) is 7.78. The Balaban J connectivity index is 1.44. The molecular formula is C27H33FN6O3. The van der Waals surface area contributed by atoms with Gasteiger partial charge >= 0.3 is 0 Å². The number of hydrogen-bond acceptors (Lipinski definition) is 5. The third-order valence-corrected chi connectivity index (χ3v) is 7.46. The van der Waals surface area contributed by atoms with E-state index >= 15 is 0 Å². The summed E-state index contributed by atoms with van der Waals surface area (Å²) in [7, 11) is 0. The van der Waals surface area contributed by atoms with Gasteiger partial charge in [-0.1, -0.05) is 6.42 Å². The Morgan fingerprint density at radius 3 is 2.54 bits per heavy atom. The molecule has 3 N–H and O–H groups in total. The summed E-state index contributed by atoms with van der Waals surface area (Å²) in [4.78, 5) is 39.1. The molecule has 196 valence electrons. The number of likely N-dealkylation sites (tertiary alicyclic amines) is 1. The average Bonchev–Trinajstić information content (AvgIpc) is 3.26. The summed E-state index contributed by atoms with van der Waals surface area (Å²) in [5.74, 6) is -0.787. The molecule has 10 heteroatoms. The molecule has 0 spiro atoms. The summed E-state index contributed by atoms with van der Waals surface area (Å²) in [6.07, 6.45) is 8.26. The summed E-state index contributed by atoms with van der Waals surface area (Å²) >= 11 is 0. The fourth-order valence-electron chi connectivity index (χ4n) is 5.38. The molecule has 0 unspecified atom stereocenters. The van der Waals surface area contributed by atoms with Crippen LogP contribution in [0.1, 0.15) is 61.3 Å². The average molecular weight is 509 g/mol. The number of amides is 2. The smallest absolute Gasteiger partial charge is 0.280 e. The molecule has 1 saturated carbocycles. The Morgan fingerprint density at radius 1 is 1.11 bits per heavy atom. The minimum atomic E-state index is -0.475. The Bertz CT molecular complexity index is 1320. The molecule has 3 heterocycles. The fraction of sp³-hybridized carbons (Fsp3) is 0.481. The molecule has 2 aromatic heterocycles. The van der Waals surface area contributed by atoms with Crippen LogP contribution in [0, 0.1) is 11.7 Å². The van der Waals surface area contributed by atoms with Crippen molar-refractivity contribution in [1.82, 2.24) is 19.4 Å². The minimum Gasteiger partial charge on any atom is -0.476 e. The number of benzene rings is 1. The molecule has 0 bridgehead atoms. The van der Waals surface area contributed by atoms with Crippen LogP contribution in [0.15, 0.2) is 41.5 Å². The third-order valence-electron chi connectivity index (χ3n) is 7.46. The molecule has 3 aromatic rings. The van der Waals surface area contributed by atoms with Crippen LogP contribution in [0.2, 0.25) is 0 Å². The number of primary amides is 1. The zero-order valence-electron chi connectivity index (χ0n) is 20.9. The van der Waals surface area contributed by atoms with Crippen molar-refractivity contribution in [2.24, 2.45) is 16.6 Å². The normalized spacial score (nSPS) is 21.3. The van der Waals surface area contributed by atoms with E-state index in [0.29, 0.717) is 36.5 Å². The van der Waals surface area contributed by atoms with Gasteiger partial charge in [-0.05, 0) is 75.9 Å². The minimum absolute atomic E-state index is 0.0210. The van der Waals surface area contributed by atoms with Crippen LogP contribution < -0.4 is 16.1 Å². The highest BCUT2D eigenvalue weighted by Gasteiger charge is 2.27. The van der Waals surface area contributed by atoms with E-state index in [1.807, 2.05) is 10.6 Å². The molecule has 0 atom stereocenters. The van der Waals surface area contributed by atoms with E-state index in [-0.39, 0.29) is 17.9 Å². The van der Waals surface area contributed by atoms with E-state index in [4.69, 9.17) is 10.5 Å². The molecule has 1 aliphatic carbocycles. The van der Waals surface area contributed by atoms with Crippen LogP contribution in [0.25, 0.3) is 11.0 Å². The number of nitrogens with two attached hydrogens (primary N) is 1. The maximum absolute atomic E-state index is 13.3. The second-order valence-corrected chi connectivity index (χ2v) is 9.94. The van der Waals surface area contributed by atoms with E-state index in [1.165, 1.54) is 43.5 Å². The first-order valence-corrected chi connectivity index (χ1v) is 13.1. The van der Waals surface area contributed by atoms with Gasteiger partial charge in [0.1, 0.15) is 12.4 Å². The topological polar surface area (TPSA) is 119 Å². The predicted molar refractivity (Wildman–Crippen MR) is 136 cm³/mol. The van der Waals surface area contributed by atoms with Crippen molar-refractivity contribution >= 4 is 22.8 Å². The second kappa shape index (κ2) is 11.2. The van der Waals surface area contributed by atoms with E-state index in [0.717, 1.165) is 43.5 Å². The molecule has 1 aromatic carbocycles. The van der Waals surface area contributed by atoms with Gasteiger partial charge in [0.15, 0.2) is 0 Å². The zero-order valence-corrected chi connectivity index (χ0v) is 20.9. The van der Waals surface area contributed by atoms with Crippen LogP contribution in [-0.2, 0) is 4.79 Å². The largest absolute Gasteiger partial charge is 0.476 e. The lowest BCUT2D eigenvalue weighted by Crippen LogP contribution is -2.33. The molecule has 9 nitrogen and oxygen atoms in total. The molecule has 1 aliphatic heterocycles. The molecule has 2 fully saturated rings. The number of aromatic nitrogens is 3. The number of rotatable bonds is 7. The zero-order chi connectivity index (χ0) is 25.8. The number of H-pyrrole nitrogens is 1. The standard InChI is InChI=1S/C27H33FN6O3/c28-20-8-4-19(5-9-20)26(36)32-27-31-22-17-30-24(37-15-14-33-12-2-1-3-13-33)16-23(22)34(27)21-10-6-18(7-11-21)25(29)35/h4-5,8-9,16-18,21H,1-3,6-7,10-15H2,(H2,29,35)(H,31,32,36)/t18-,21+. The lowest BCUT2D eigenvalue weighted by molar-refractivity contribution is -0.122. The van der Waals surface area contributed by atoms with Gasteiger partial charge in [0.2, 0.25) is 17.4 Å². The fourth-order valence-corrected chi connectivity index (χ4v) is 5.38. The Kier molecular flexibility index (Phi) is 7.64. The van der Waals surface area contributed by atoms with Crippen molar-refractivity contribution in [2.75, 3.05) is 26.2 Å². The molecular weight excluding hydrogens is 475 g/mol. The van der Waals surface area contributed by atoms with Crippen molar-refractivity contribution in [1.29, 1.82) is 0 Å². The number of aromatic amines is 1. The first-order chi connectivity index (χ1) is 18.0. The number of piperidine rings is 1. The monoisotopic (exact) mass is 508 g/mol.